The van der Waals surface area contributed by atoms with E-state index in [2.05, 4.69) is 6.07 Å². The van der Waals surface area contributed by atoms with Gasteiger partial charge in [-0.15, -0.1) is 0 Å². The molecule has 0 atom stereocenters. The Labute approximate surface area is 80.5 Å². The van der Waals surface area contributed by atoms with Gasteiger partial charge in [-0.1, -0.05) is 0 Å². The predicted molar refractivity (Wildman–Crippen MR) is 30.8 cm³/mol. The topological polar surface area (TPSA) is 23.8 Å². The van der Waals surface area contributed by atoms with Crippen LogP contribution in [0.25, 0.3) is 0 Å². The molecule has 1 aromatic carbocycles. The molecule has 0 fully saturated rings. The van der Waals surface area contributed by atoms with E-state index < -0.39 is 0 Å². The molecule has 0 unspecified atom stereocenters. The average Bonchev–Trinajstić information content (AvgIpc) is 1.90. The van der Waals surface area contributed by atoms with Gasteiger partial charge in [-0.05, 0) is 0 Å². The molecule has 0 saturated carbocycles. The van der Waals surface area contributed by atoms with Crippen LogP contribution in [0.5, 0.6) is 0 Å². The molecule has 10 heavy (non-hydrogen) atoms. The first-order chi connectivity index (χ1) is 4.33. The first kappa shape index (κ1) is 9.81. The second-order valence-electron chi connectivity index (χ2n) is 1.81. The van der Waals surface area contributed by atoms with Crippen LogP contribution >= 0.6 is 0 Å². The van der Waals surface area contributed by atoms with Crippen molar-refractivity contribution in [2.45, 2.75) is 0 Å². The molecule has 1 nitrogen and oxygen atoms in total. The number of hydrogen-bond acceptors (Lipinski definition) is 1. The molecule has 1 aromatic rings. The van der Waals surface area contributed by atoms with Crippen molar-refractivity contribution in [2.24, 2.45) is 0 Å². The molecule has 0 radical (unpaired) electrons. The van der Waals surface area contributed by atoms with E-state index in [4.69, 9.17) is 5.26 Å². The van der Waals surface area contributed by atoms with Gasteiger partial charge in [0.25, 0.3) is 0 Å². The second-order valence-corrected chi connectivity index (χ2v) is 3.52. The van der Waals surface area contributed by atoms with E-state index in [1.54, 1.807) is 0 Å². The summed E-state index contributed by atoms with van der Waals surface area (Å²) in [5.41, 5.74) is 0.743. The van der Waals surface area contributed by atoms with Gasteiger partial charge >= 0.3 is 63.6 Å². The van der Waals surface area contributed by atoms with Crippen LogP contribution in [0.3, 0.4) is 0 Å². The minimum absolute atomic E-state index is 0. The Balaban J connectivity index is 0.000000810. The van der Waals surface area contributed by atoms with Crippen LogP contribution in [-0.2, 0) is 18.3 Å². The van der Waals surface area contributed by atoms with Crippen molar-refractivity contribution in [3.63, 3.8) is 0 Å². The Morgan fingerprint density at radius 1 is 1.20 bits per heavy atom. The molecule has 46 valence electrons. The second kappa shape index (κ2) is 4.60. The van der Waals surface area contributed by atoms with E-state index in [1.165, 1.54) is 4.16 Å². The molecule has 0 aromatic heterocycles. The van der Waals surface area contributed by atoms with Gasteiger partial charge in [-0.2, -0.15) is 0 Å². The molecule has 0 saturated heterocycles. The van der Waals surface area contributed by atoms with Crippen molar-refractivity contribution in [2.75, 3.05) is 0 Å². The molecule has 1 rings (SSSR count). The van der Waals surface area contributed by atoms with Crippen molar-refractivity contribution in [3.8, 4) is 6.07 Å². The van der Waals surface area contributed by atoms with Crippen LogP contribution in [0.4, 0.5) is 0 Å². The summed E-state index contributed by atoms with van der Waals surface area (Å²) < 4.78 is 1.31. The molecule has 0 aliphatic rings. The summed E-state index contributed by atoms with van der Waals surface area (Å²) in [4.78, 5) is 0. The van der Waals surface area contributed by atoms with E-state index in [0.29, 0.717) is 0 Å². The van der Waals surface area contributed by atoms with Crippen LogP contribution in [0, 0.1) is 11.3 Å². The fourth-order valence-corrected chi connectivity index (χ4v) is 1.07. The minimum atomic E-state index is 0. The van der Waals surface area contributed by atoms with Crippen LogP contribution in [0.2, 0.25) is 0 Å². The van der Waals surface area contributed by atoms with E-state index in [1.807, 2.05) is 24.3 Å². The van der Waals surface area contributed by atoms with E-state index in [9.17, 15) is 0 Å². The van der Waals surface area contributed by atoms with Crippen molar-refractivity contribution in [1.29, 1.82) is 5.26 Å². The van der Waals surface area contributed by atoms with Gasteiger partial charge in [0.15, 0.2) is 0 Å². The number of halogens is 1. The standard InChI is InChI=1S/C7H4N.BrH.Zn/c8-6-7-4-2-1-3-5-7;;/h2-5H;1H;/q;;+1/p-1. The summed E-state index contributed by atoms with van der Waals surface area (Å²) in [6.07, 6.45) is 0. The molecule has 0 bridgehead atoms. The van der Waals surface area contributed by atoms with Crippen molar-refractivity contribution in [3.05, 3.63) is 29.8 Å². The fraction of sp³-hybridized carbons (Fsp3) is 0. The number of nitrogens with zero attached hydrogens (tertiary/aromatic N) is 1. The third-order valence-corrected chi connectivity index (χ3v) is 2.07. The van der Waals surface area contributed by atoms with Gasteiger partial charge in [-0.3, -0.25) is 0 Å². The monoisotopic (exact) mass is 245 g/mol. The summed E-state index contributed by atoms with van der Waals surface area (Å²) in [6.45, 7) is 0. The molecule has 3 heteroatoms. The van der Waals surface area contributed by atoms with E-state index in [-0.39, 0.29) is 17.0 Å². The number of nitriles is 1. The van der Waals surface area contributed by atoms with Gasteiger partial charge in [-0.25, -0.2) is 0 Å². The molecular formula is C7H4BrNZn. The van der Waals surface area contributed by atoms with Crippen molar-refractivity contribution < 1.29 is 35.3 Å². The quantitative estimate of drug-likeness (QED) is 0.475. The van der Waals surface area contributed by atoms with Crippen LogP contribution in [0.1, 0.15) is 5.56 Å². The molecule has 0 heterocycles. The van der Waals surface area contributed by atoms with Crippen LogP contribution in [-0.4, -0.2) is 0 Å². The normalized spacial score (nSPS) is 7.70. The Kier molecular flexibility index (Phi) is 4.52. The number of hydrogen-bond donors (Lipinski definition) is 0. The summed E-state index contributed by atoms with van der Waals surface area (Å²) in [5, 5.41) is 8.39. The fourth-order valence-electron chi connectivity index (χ4n) is 0.579. The third kappa shape index (κ3) is 2.60. The van der Waals surface area contributed by atoms with Crippen molar-refractivity contribution in [1.82, 2.24) is 0 Å². The van der Waals surface area contributed by atoms with Crippen LogP contribution < -0.4 is 21.1 Å². The predicted octanol–water partition coefficient (Wildman–Crippen LogP) is -2.27. The molecule has 0 spiro atoms. The maximum absolute atomic E-state index is 8.39. The summed E-state index contributed by atoms with van der Waals surface area (Å²) in [6, 6.07) is 9.73. The summed E-state index contributed by atoms with van der Waals surface area (Å²) >= 11 is 1.16. The van der Waals surface area contributed by atoms with Crippen LogP contribution in [0.15, 0.2) is 24.3 Å². The van der Waals surface area contributed by atoms with E-state index in [0.717, 1.165) is 23.9 Å². The number of rotatable bonds is 0. The van der Waals surface area contributed by atoms with E-state index >= 15 is 0 Å². The third-order valence-electron chi connectivity index (χ3n) is 1.08. The Morgan fingerprint density at radius 2 is 1.70 bits per heavy atom. The maximum atomic E-state index is 8.39. The van der Waals surface area contributed by atoms with Gasteiger partial charge in [0.2, 0.25) is 0 Å². The molecule has 0 aliphatic heterocycles. The zero-order chi connectivity index (χ0) is 6.69. The zero-order valence-corrected chi connectivity index (χ0v) is 9.89. The summed E-state index contributed by atoms with van der Waals surface area (Å²) in [7, 11) is 0. The zero-order valence-electron chi connectivity index (χ0n) is 5.34. The first-order valence-corrected chi connectivity index (χ1v) is 4.13. The SMILES string of the molecule is N#Cc1cc[c]([Zn+])cc1.[Br-]. The van der Waals surface area contributed by atoms with Gasteiger partial charge < -0.3 is 17.0 Å². The van der Waals surface area contributed by atoms with Crippen molar-refractivity contribution >= 4 is 4.16 Å². The Morgan fingerprint density at radius 3 is 2.10 bits per heavy atom. The molecular weight excluding hydrogens is 243 g/mol. The largest absolute Gasteiger partial charge is 1.00 e. The van der Waals surface area contributed by atoms with Gasteiger partial charge in [0.05, 0.1) is 0 Å². The summed E-state index contributed by atoms with van der Waals surface area (Å²) in [5.74, 6) is 0. The average molecular weight is 247 g/mol. The Hall–Kier alpha value is -0.187. The first-order valence-electron chi connectivity index (χ1n) is 2.65. The van der Waals surface area contributed by atoms with Gasteiger partial charge in [0, 0.05) is 0 Å². The Bertz CT molecular complexity index is 237. The molecule has 0 amide bonds. The number of benzene rings is 1. The molecule has 0 N–H and O–H groups in total. The van der Waals surface area contributed by atoms with Gasteiger partial charge in [0.1, 0.15) is 0 Å². The maximum Gasteiger partial charge on any atom is -1.00 e. The smallest absolute Gasteiger partial charge is 1.00 e. The molecule has 0 aliphatic carbocycles. The minimum Gasteiger partial charge on any atom is -1.00 e.